The van der Waals surface area contributed by atoms with Gasteiger partial charge >= 0.3 is 0 Å². The van der Waals surface area contributed by atoms with Gasteiger partial charge < -0.3 is 10.2 Å². The second-order valence-corrected chi connectivity index (χ2v) is 7.38. The van der Waals surface area contributed by atoms with Crippen molar-refractivity contribution in [3.05, 3.63) is 75.2 Å². The van der Waals surface area contributed by atoms with Crippen LogP contribution in [0.3, 0.4) is 0 Å². The monoisotopic (exact) mass is 467 g/mol. The highest BCUT2D eigenvalue weighted by atomic mass is 35.5. The summed E-state index contributed by atoms with van der Waals surface area (Å²) in [6.45, 7) is 2.71. The van der Waals surface area contributed by atoms with Gasteiger partial charge in [0.1, 0.15) is 11.0 Å². The summed E-state index contributed by atoms with van der Waals surface area (Å²) in [5.41, 5.74) is 0.608. The molecule has 2 amide bonds. The molecule has 3 aromatic rings. The molecule has 0 atom stereocenters. The summed E-state index contributed by atoms with van der Waals surface area (Å²) in [6.07, 6.45) is 2.30. The van der Waals surface area contributed by atoms with E-state index in [1.54, 1.807) is 23.2 Å². The molecular formula is C20H17Cl2F2N5O2. The van der Waals surface area contributed by atoms with Crippen LogP contribution in [0, 0.1) is 11.6 Å². The first-order valence-corrected chi connectivity index (χ1v) is 9.95. The van der Waals surface area contributed by atoms with Crippen LogP contribution < -0.4 is 5.32 Å². The van der Waals surface area contributed by atoms with Crippen LogP contribution in [0.25, 0.3) is 0 Å². The molecular weight excluding hydrogens is 451 g/mol. The molecule has 0 saturated carbocycles. The Balaban J connectivity index is 1.73. The molecule has 0 aliphatic carbocycles. The van der Waals surface area contributed by atoms with Gasteiger partial charge in [-0.25, -0.2) is 13.8 Å². The fourth-order valence-electron chi connectivity index (χ4n) is 2.79. The van der Waals surface area contributed by atoms with E-state index in [4.69, 9.17) is 23.2 Å². The van der Waals surface area contributed by atoms with Crippen molar-refractivity contribution >= 4 is 40.8 Å². The van der Waals surface area contributed by atoms with Crippen LogP contribution in [0.1, 0.15) is 39.8 Å². The Morgan fingerprint density at radius 1 is 1.16 bits per heavy atom. The summed E-state index contributed by atoms with van der Waals surface area (Å²) >= 11 is 11.6. The van der Waals surface area contributed by atoms with Crippen molar-refractivity contribution in [1.29, 1.82) is 0 Å². The Morgan fingerprint density at radius 2 is 1.90 bits per heavy atom. The van der Waals surface area contributed by atoms with E-state index in [1.807, 2.05) is 6.92 Å². The van der Waals surface area contributed by atoms with E-state index < -0.39 is 17.5 Å². The molecule has 0 radical (unpaired) electrons. The number of aromatic nitrogens is 3. The Bertz CT molecular complexity index is 1110. The van der Waals surface area contributed by atoms with Crippen molar-refractivity contribution in [3.63, 3.8) is 0 Å². The lowest BCUT2D eigenvalue weighted by molar-refractivity contribution is 0.0737. The number of hydrogen-bond donors (Lipinski definition) is 2. The molecule has 0 fully saturated rings. The van der Waals surface area contributed by atoms with Crippen molar-refractivity contribution in [3.8, 4) is 0 Å². The summed E-state index contributed by atoms with van der Waals surface area (Å²) < 4.78 is 26.6. The fourth-order valence-corrected chi connectivity index (χ4v) is 3.13. The third-order valence-electron chi connectivity index (χ3n) is 4.24. The number of halogens is 4. The highest BCUT2D eigenvalue weighted by molar-refractivity contribution is 6.34. The van der Waals surface area contributed by atoms with E-state index in [0.29, 0.717) is 30.4 Å². The minimum absolute atomic E-state index is 0.0713. The van der Waals surface area contributed by atoms with Gasteiger partial charge in [0.05, 0.1) is 10.6 Å². The van der Waals surface area contributed by atoms with E-state index in [0.717, 1.165) is 12.0 Å². The summed E-state index contributed by atoms with van der Waals surface area (Å²) in [5.74, 6) is -3.42. The summed E-state index contributed by atoms with van der Waals surface area (Å²) in [6, 6.07) is 6.15. The van der Waals surface area contributed by atoms with Gasteiger partial charge in [0.15, 0.2) is 17.3 Å². The number of nitrogens with one attached hydrogen (secondary N) is 2. The van der Waals surface area contributed by atoms with Crippen molar-refractivity contribution in [2.24, 2.45) is 0 Å². The number of H-pyrrole nitrogens is 1. The SMILES string of the molecule is CCCN(Cc1ccc(Cl)nc1)C(=O)c1cc(NC(=O)c2cc(F)c(F)cc2Cl)[nH]n1. The third-order valence-corrected chi connectivity index (χ3v) is 4.78. The number of rotatable bonds is 7. The Labute approximate surface area is 186 Å². The summed E-state index contributed by atoms with van der Waals surface area (Å²) in [5, 5.41) is 8.99. The van der Waals surface area contributed by atoms with Gasteiger partial charge in [0, 0.05) is 25.4 Å². The van der Waals surface area contributed by atoms with Crippen LogP contribution in [-0.2, 0) is 6.54 Å². The largest absolute Gasteiger partial charge is 0.333 e. The molecule has 2 aromatic heterocycles. The standard InChI is InChI=1S/C20H17Cl2F2N5O2/c1-2-5-29(10-11-3-4-17(22)25-9-11)20(31)16-8-18(28-27-16)26-19(30)12-6-14(23)15(24)7-13(12)21/h3-4,6-9H,2,5,10H2,1H3,(H2,26,27,28,30). The molecule has 0 bridgehead atoms. The minimum atomic E-state index is -1.21. The van der Waals surface area contributed by atoms with Crippen LogP contribution in [0.15, 0.2) is 36.5 Å². The van der Waals surface area contributed by atoms with Crippen LogP contribution in [0.5, 0.6) is 0 Å². The van der Waals surface area contributed by atoms with Crippen LogP contribution >= 0.6 is 23.2 Å². The van der Waals surface area contributed by atoms with Gasteiger partial charge in [-0.15, -0.1) is 0 Å². The number of hydrogen-bond acceptors (Lipinski definition) is 4. The van der Waals surface area contributed by atoms with E-state index >= 15 is 0 Å². The average Bonchev–Trinajstić information content (AvgIpc) is 3.19. The Kier molecular flexibility index (Phi) is 7.19. The van der Waals surface area contributed by atoms with Gasteiger partial charge in [0.25, 0.3) is 11.8 Å². The number of nitrogens with zero attached hydrogens (tertiary/aromatic N) is 3. The van der Waals surface area contributed by atoms with Crippen LogP contribution in [0.4, 0.5) is 14.6 Å². The molecule has 162 valence electrons. The van der Waals surface area contributed by atoms with Gasteiger partial charge in [-0.1, -0.05) is 36.2 Å². The maximum atomic E-state index is 13.4. The molecule has 11 heteroatoms. The predicted molar refractivity (Wildman–Crippen MR) is 112 cm³/mol. The third kappa shape index (κ3) is 5.56. The van der Waals surface area contributed by atoms with Gasteiger partial charge in [0.2, 0.25) is 0 Å². The smallest absolute Gasteiger partial charge is 0.274 e. The number of pyridine rings is 1. The van der Waals surface area contributed by atoms with Gasteiger partial charge in [-0.3, -0.25) is 14.7 Å². The lowest BCUT2D eigenvalue weighted by Gasteiger charge is -2.21. The van der Waals surface area contributed by atoms with E-state index in [-0.39, 0.29) is 28.0 Å². The van der Waals surface area contributed by atoms with Crippen LogP contribution in [-0.4, -0.2) is 38.4 Å². The van der Waals surface area contributed by atoms with Crippen molar-refractivity contribution < 1.29 is 18.4 Å². The zero-order valence-electron chi connectivity index (χ0n) is 16.3. The van der Waals surface area contributed by atoms with Crippen molar-refractivity contribution in [1.82, 2.24) is 20.1 Å². The lowest BCUT2D eigenvalue weighted by Crippen LogP contribution is -2.31. The Hall–Kier alpha value is -3.04. The van der Waals surface area contributed by atoms with Crippen LogP contribution in [0.2, 0.25) is 10.2 Å². The first-order valence-electron chi connectivity index (χ1n) is 9.19. The number of carbonyl (C=O) groups excluding carboxylic acids is 2. The highest BCUT2D eigenvalue weighted by Gasteiger charge is 2.21. The molecule has 0 unspecified atom stereocenters. The zero-order chi connectivity index (χ0) is 22.5. The molecule has 7 nitrogen and oxygen atoms in total. The topological polar surface area (TPSA) is 91.0 Å². The summed E-state index contributed by atoms with van der Waals surface area (Å²) in [4.78, 5) is 30.8. The molecule has 2 N–H and O–H groups in total. The van der Waals surface area contributed by atoms with E-state index in [2.05, 4.69) is 20.5 Å². The second kappa shape index (κ2) is 9.84. The molecule has 2 heterocycles. The normalized spacial score (nSPS) is 10.7. The number of carbonyl (C=O) groups is 2. The lowest BCUT2D eigenvalue weighted by atomic mass is 10.2. The first-order chi connectivity index (χ1) is 14.8. The first kappa shape index (κ1) is 22.6. The average molecular weight is 468 g/mol. The molecule has 31 heavy (non-hydrogen) atoms. The molecule has 0 spiro atoms. The summed E-state index contributed by atoms with van der Waals surface area (Å²) in [7, 11) is 0. The molecule has 1 aromatic carbocycles. The molecule has 3 rings (SSSR count). The number of anilines is 1. The molecule has 0 aliphatic heterocycles. The van der Waals surface area contributed by atoms with E-state index in [1.165, 1.54) is 6.07 Å². The van der Waals surface area contributed by atoms with Gasteiger partial charge in [-0.2, -0.15) is 5.10 Å². The van der Waals surface area contributed by atoms with Gasteiger partial charge in [-0.05, 0) is 30.2 Å². The molecule has 0 aliphatic rings. The maximum Gasteiger partial charge on any atom is 0.274 e. The van der Waals surface area contributed by atoms with Crippen molar-refractivity contribution in [2.45, 2.75) is 19.9 Å². The maximum absolute atomic E-state index is 13.4. The Morgan fingerprint density at radius 3 is 2.58 bits per heavy atom. The predicted octanol–water partition coefficient (Wildman–Crippen LogP) is 4.69. The quantitative estimate of drug-likeness (QED) is 0.389. The molecule has 0 saturated heterocycles. The van der Waals surface area contributed by atoms with E-state index in [9.17, 15) is 18.4 Å². The van der Waals surface area contributed by atoms with Crippen molar-refractivity contribution in [2.75, 3.05) is 11.9 Å². The highest BCUT2D eigenvalue weighted by Crippen LogP contribution is 2.21. The fraction of sp³-hybridized carbons (Fsp3) is 0.200. The zero-order valence-corrected chi connectivity index (χ0v) is 17.8. The number of benzene rings is 1. The number of aromatic amines is 1. The second-order valence-electron chi connectivity index (χ2n) is 6.58. The number of amides is 2. The minimum Gasteiger partial charge on any atom is -0.333 e.